The molecular weight excluding hydrogens is 436 g/mol. The Labute approximate surface area is 186 Å². The molecule has 2 N–H and O–H groups in total. The average Bonchev–Trinajstić information content (AvgIpc) is 2.74. The van der Waals surface area contributed by atoms with Crippen molar-refractivity contribution in [1.82, 2.24) is 24.5 Å². The minimum absolute atomic E-state index is 0.0552. The van der Waals surface area contributed by atoms with Gasteiger partial charge in [0, 0.05) is 20.2 Å². The summed E-state index contributed by atoms with van der Waals surface area (Å²) in [6.07, 6.45) is 0. The number of benzene rings is 2. The second kappa shape index (κ2) is 8.50. The van der Waals surface area contributed by atoms with E-state index in [1.807, 2.05) is 6.92 Å². The van der Waals surface area contributed by atoms with Crippen molar-refractivity contribution >= 4 is 34.6 Å². The van der Waals surface area contributed by atoms with E-state index >= 15 is 0 Å². The Morgan fingerprint density at radius 3 is 2.53 bits per heavy atom. The Kier molecular flexibility index (Phi) is 5.74. The van der Waals surface area contributed by atoms with Gasteiger partial charge in [0.2, 0.25) is 11.9 Å². The number of rotatable bonds is 5. The fraction of sp³-hybridized carbons (Fsp3) is 0.190. The smallest absolute Gasteiger partial charge is 0.266 e. The topological polar surface area (TPSA) is 103 Å². The van der Waals surface area contributed by atoms with E-state index in [-0.39, 0.29) is 16.8 Å². The molecule has 4 aromatic rings. The largest absolute Gasteiger partial charge is 0.368 e. The van der Waals surface area contributed by atoms with Gasteiger partial charge in [0.25, 0.3) is 5.56 Å². The highest BCUT2D eigenvalue weighted by Gasteiger charge is 2.21. The summed E-state index contributed by atoms with van der Waals surface area (Å²) >= 11 is 1.15. The molecule has 1 unspecified atom stereocenters. The van der Waals surface area contributed by atoms with Gasteiger partial charge in [0.05, 0.1) is 21.8 Å². The van der Waals surface area contributed by atoms with Crippen molar-refractivity contribution in [3.63, 3.8) is 0 Å². The summed E-state index contributed by atoms with van der Waals surface area (Å²) < 4.78 is 29.3. The van der Waals surface area contributed by atoms with Gasteiger partial charge in [-0.3, -0.25) is 9.36 Å². The van der Waals surface area contributed by atoms with Crippen molar-refractivity contribution in [1.29, 1.82) is 0 Å². The lowest BCUT2D eigenvalue weighted by Crippen LogP contribution is -2.23. The Morgan fingerprint density at radius 2 is 1.81 bits per heavy atom. The Hall–Kier alpha value is -3.60. The van der Waals surface area contributed by atoms with E-state index in [0.29, 0.717) is 22.7 Å². The van der Waals surface area contributed by atoms with Gasteiger partial charge in [-0.1, -0.05) is 23.9 Å². The molecular formula is C21H19F2N7OS. The van der Waals surface area contributed by atoms with Crippen LogP contribution in [0.25, 0.3) is 16.6 Å². The van der Waals surface area contributed by atoms with Crippen LogP contribution in [0.1, 0.15) is 18.0 Å². The quantitative estimate of drug-likeness (QED) is 0.361. The third kappa shape index (κ3) is 4.11. The molecule has 0 aliphatic rings. The van der Waals surface area contributed by atoms with Crippen LogP contribution in [-0.2, 0) is 0 Å². The number of anilines is 2. The average molecular weight is 455 g/mol. The summed E-state index contributed by atoms with van der Waals surface area (Å²) in [6, 6.07) is 9.79. The SMILES string of the molecule is CC(Sc1nc2ccccc2c(=O)n1-c1ccc(F)cc1F)c1nc(N)nc(N(C)C)n1. The normalized spacial score (nSPS) is 12.2. The highest BCUT2D eigenvalue weighted by molar-refractivity contribution is 7.99. The monoisotopic (exact) mass is 455 g/mol. The zero-order valence-electron chi connectivity index (χ0n) is 17.5. The first-order chi connectivity index (χ1) is 15.2. The summed E-state index contributed by atoms with van der Waals surface area (Å²) in [4.78, 5) is 32.2. The van der Waals surface area contributed by atoms with E-state index in [0.717, 1.165) is 28.5 Å². The number of thioether (sulfide) groups is 1. The molecule has 0 aliphatic carbocycles. The number of nitrogens with zero attached hydrogens (tertiary/aromatic N) is 6. The molecule has 2 aromatic carbocycles. The number of para-hydroxylation sites is 1. The van der Waals surface area contributed by atoms with Crippen LogP contribution in [0.5, 0.6) is 0 Å². The Bertz CT molecular complexity index is 1380. The van der Waals surface area contributed by atoms with Crippen molar-refractivity contribution in [3.8, 4) is 5.69 Å². The lowest BCUT2D eigenvalue weighted by Gasteiger charge is -2.17. The summed E-state index contributed by atoms with van der Waals surface area (Å²) in [5.41, 5.74) is 5.71. The van der Waals surface area contributed by atoms with Crippen molar-refractivity contribution < 1.29 is 8.78 Å². The molecule has 0 spiro atoms. The van der Waals surface area contributed by atoms with Crippen LogP contribution in [-0.4, -0.2) is 38.6 Å². The molecule has 0 amide bonds. The molecule has 164 valence electrons. The Morgan fingerprint density at radius 1 is 1.06 bits per heavy atom. The van der Waals surface area contributed by atoms with E-state index in [1.165, 1.54) is 6.07 Å². The second-order valence-electron chi connectivity index (χ2n) is 7.15. The zero-order chi connectivity index (χ0) is 23.0. The molecule has 0 saturated heterocycles. The van der Waals surface area contributed by atoms with Crippen molar-refractivity contribution in [2.75, 3.05) is 24.7 Å². The predicted octanol–water partition coefficient (Wildman–Crippen LogP) is 3.35. The number of hydrogen-bond acceptors (Lipinski definition) is 8. The van der Waals surface area contributed by atoms with Gasteiger partial charge in [0.1, 0.15) is 17.5 Å². The highest BCUT2D eigenvalue weighted by atomic mass is 32.2. The first-order valence-corrected chi connectivity index (χ1v) is 10.4. The van der Waals surface area contributed by atoms with E-state index in [4.69, 9.17) is 5.73 Å². The third-order valence-electron chi connectivity index (χ3n) is 4.60. The minimum Gasteiger partial charge on any atom is -0.368 e. The summed E-state index contributed by atoms with van der Waals surface area (Å²) in [6.45, 7) is 1.81. The van der Waals surface area contributed by atoms with Gasteiger partial charge in [-0.15, -0.1) is 0 Å². The van der Waals surface area contributed by atoms with E-state index in [2.05, 4.69) is 19.9 Å². The van der Waals surface area contributed by atoms with E-state index in [9.17, 15) is 13.6 Å². The molecule has 0 saturated carbocycles. The standard InChI is InChI=1S/C21H19F2N7OS/c1-11(17-26-19(24)28-20(27-17)29(2)3)32-21-25-15-7-5-4-6-13(15)18(31)30(21)16-9-8-12(22)10-14(16)23/h4-11H,1-3H3,(H2,24,26,27,28). The number of fused-ring (bicyclic) bond motifs is 1. The molecule has 4 rings (SSSR count). The van der Waals surface area contributed by atoms with Crippen LogP contribution in [0.15, 0.2) is 52.4 Å². The summed E-state index contributed by atoms with van der Waals surface area (Å²) in [7, 11) is 3.55. The van der Waals surface area contributed by atoms with Gasteiger partial charge >= 0.3 is 0 Å². The van der Waals surface area contributed by atoms with Gasteiger partial charge in [-0.2, -0.15) is 15.0 Å². The number of halogens is 2. The van der Waals surface area contributed by atoms with Crippen LogP contribution in [0.4, 0.5) is 20.7 Å². The number of nitrogens with two attached hydrogens (primary N) is 1. The maximum atomic E-state index is 14.7. The van der Waals surface area contributed by atoms with Gasteiger partial charge < -0.3 is 10.6 Å². The molecule has 0 bridgehead atoms. The first-order valence-electron chi connectivity index (χ1n) is 9.57. The van der Waals surface area contributed by atoms with Crippen LogP contribution >= 0.6 is 11.8 Å². The maximum absolute atomic E-state index is 14.7. The van der Waals surface area contributed by atoms with Crippen LogP contribution in [0, 0.1) is 11.6 Å². The fourth-order valence-electron chi connectivity index (χ4n) is 3.06. The zero-order valence-corrected chi connectivity index (χ0v) is 18.3. The lowest BCUT2D eigenvalue weighted by atomic mass is 10.2. The fourth-order valence-corrected chi connectivity index (χ4v) is 4.02. The molecule has 0 aliphatic heterocycles. The van der Waals surface area contributed by atoms with Crippen molar-refractivity contribution in [3.05, 3.63) is 70.3 Å². The van der Waals surface area contributed by atoms with Crippen LogP contribution < -0.4 is 16.2 Å². The molecule has 2 aromatic heterocycles. The van der Waals surface area contributed by atoms with Crippen molar-refractivity contribution in [2.24, 2.45) is 0 Å². The van der Waals surface area contributed by atoms with Gasteiger partial charge in [-0.05, 0) is 31.2 Å². The maximum Gasteiger partial charge on any atom is 0.266 e. The van der Waals surface area contributed by atoms with Gasteiger partial charge in [0.15, 0.2) is 5.16 Å². The predicted molar refractivity (Wildman–Crippen MR) is 120 cm³/mol. The minimum atomic E-state index is -0.877. The number of nitrogen functional groups attached to an aromatic ring is 1. The number of aromatic nitrogens is 5. The summed E-state index contributed by atoms with van der Waals surface area (Å²) in [5.74, 6) is -0.807. The Balaban J connectivity index is 1.87. The van der Waals surface area contributed by atoms with Crippen molar-refractivity contribution in [2.45, 2.75) is 17.3 Å². The molecule has 8 nitrogen and oxygen atoms in total. The van der Waals surface area contributed by atoms with Gasteiger partial charge in [-0.25, -0.2) is 13.8 Å². The van der Waals surface area contributed by atoms with E-state index < -0.39 is 22.4 Å². The second-order valence-corrected chi connectivity index (χ2v) is 8.46. The molecule has 2 heterocycles. The highest BCUT2D eigenvalue weighted by Crippen LogP contribution is 2.34. The van der Waals surface area contributed by atoms with Crippen LogP contribution in [0.3, 0.4) is 0 Å². The van der Waals surface area contributed by atoms with Crippen LogP contribution in [0.2, 0.25) is 0 Å². The third-order valence-corrected chi connectivity index (χ3v) is 5.65. The molecule has 0 fully saturated rings. The lowest BCUT2D eigenvalue weighted by molar-refractivity contribution is 0.572. The molecule has 1 atom stereocenters. The molecule has 11 heteroatoms. The first kappa shape index (κ1) is 21.6. The number of hydrogen-bond donors (Lipinski definition) is 1. The van der Waals surface area contributed by atoms with E-state index in [1.54, 1.807) is 43.3 Å². The molecule has 0 radical (unpaired) electrons. The summed E-state index contributed by atoms with van der Waals surface area (Å²) in [5, 5.41) is 0.103. The molecule has 32 heavy (non-hydrogen) atoms.